The van der Waals surface area contributed by atoms with Crippen LogP contribution >= 0.6 is 0 Å². The van der Waals surface area contributed by atoms with E-state index in [1.54, 1.807) is 6.20 Å². The maximum absolute atomic E-state index is 9.14. The highest BCUT2D eigenvalue weighted by Gasteiger charge is 2.19. The van der Waals surface area contributed by atoms with Crippen molar-refractivity contribution in [3.63, 3.8) is 0 Å². The molecule has 0 bridgehead atoms. The van der Waals surface area contributed by atoms with Gasteiger partial charge in [0.1, 0.15) is 17.5 Å². The predicted molar refractivity (Wildman–Crippen MR) is 69.1 cm³/mol. The lowest BCUT2D eigenvalue weighted by atomic mass is 10.1. The number of aromatic amines is 1. The van der Waals surface area contributed by atoms with Crippen LogP contribution in [-0.2, 0) is 0 Å². The van der Waals surface area contributed by atoms with Gasteiger partial charge in [-0.3, -0.25) is 0 Å². The predicted octanol–water partition coefficient (Wildman–Crippen LogP) is 1.40. The molecule has 92 valence electrons. The largest absolute Gasteiger partial charge is 0.368 e. The second-order valence-corrected chi connectivity index (χ2v) is 4.49. The van der Waals surface area contributed by atoms with Gasteiger partial charge in [-0.15, -0.1) is 0 Å². The van der Waals surface area contributed by atoms with Crippen LogP contribution in [0.1, 0.15) is 24.8 Å². The van der Waals surface area contributed by atoms with Gasteiger partial charge in [0, 0.05) is 19.3 Å². The number of nitrogens with one attached hydrogen (secondary N) is 1. The SMILES string of the molecule is N#Cc1c[nH]c2nc(N)nc(N3CCCCC3)c12. The van der Waals surface area contributed by atoms with Gasteiger partial charge in [-0.1, -0.05) is 0 Å². The Labute approximate surface area is 104 Å². The van der Waals surface area contributed by atoms with Gasteiger partial charge >= 0.3 is 0 Å². The third-order valence-electron chi connectivity index (χ3n) is 3.31. The van der Waals surface area contributed by atoms with Crippen molar-refractivity contribution < 1.29 is 0 Å². The van der Waals surface area contributed by atoms with Gasteiger partial charge in [0.15, 0.2) is 0 Å². The van der Waals surface area contributed by atoms with Crippen molar-refractivity contribution >= 4 is 22.8 Å². The van der Waals surface area contributed by atoms with Gasteiger partial charge in [0.2, 0.25) is 5.95 Å². The van der Waals surface area contributed by atoms with Crippen molar-refractivity contribution in [2.75, 3.05) is 23.7 Å². The van der Waals surface area contributed by atoms with E-state index in [1.165, 1.54) is 6.42 Å². The number of nitrogen functional groups attached to an aromatic ring is 1. The number of rotatable bonds is 1. The average Bonchev–Trinajstić information content (AvgIpc) is 2.81. The molecule has 6 nitrogen and oxygen atoms in total. The molecule has 0 saturated carbocycles. The second-order valence-electron chi connectivity index (χ2n) is 4.49. The van der Waals surface area contributed by atoms with Gasteiger partial charge < -0.3 is 15.6 Å². The fourth-order valence-electron chi connectivity index (χ4n) is 2.45. The third-order valence-corrected chi connectivity index (χ3v) is 3.31. The van der Waals surface area contributed by atoms with Gasteiger partial charge in [-0.2, -0.15) is 15.2 Å². The summed E-state index contributed by atoms with van der Waals surface area (Å²) in [4.78, 5) is 13.6. The van der Waals surface area contributed by atoms with Crippen molar-refractivity contribution in [1.82, 2.24) is 15.0 Å². The number of H-pyrrole nitrogens is 1. The molecule has 0 aliphatic carbocycles. The minimum Gasteiger partial charge on any atom is -0.368 e. The van der Waals surface area contributed by atoms with Gasteiger partial charge in [-0.05, 0) is 19.3 Å². The number of hydrogen-bond acceptors (Lipinski definition) is 5. The Hall–Kier alpha value is -2.29. The molecule has 3 heterocycles. The Bertz CT molecular complexity index is 617. The smallest absolute Gasteiger partial charge is 0.223 e. The molecule has 18 heavy (non-hydrogen) atoms. The summed E-state index contributed by atoms with van der Waals surface area (Å²) in [5.74, 6) is 1.03. The van der Waals surface area contributed by atoms with E-state index in [9.17, 15) is 0 Å². The van der Waals surface area contributed by atoms with Crippen LogP contribution in [0, 0.1) is 11.3 Å². The monoisotopic (exact) mass is 242 g/mol. The van der Waals surface area contributed by atoms with Crippen LogP contribution < -0.4 is 10.6 Å². The number of hydrogen-bond donors (Lipinski definition) is 2. The first kappa shape index (κ1) is 10.8. The lowest BCUT2D eigenvalue weighted by Crippen LogP contribution is -2.30. The highest BCUT2D eigenvalue weighted by Crippen LogP contribution is 2.29. The molecule has 2 aromatic rings. The normalized spacial score (nSPS) is 15.8. The maximum atomic E-state index is 9.14. The number of anilines is 2. The summed E-state index contributed by atoms with van der Waals surface area (Å²) in [6, 6.07) is 2.17. The number of piperidine rings is 1. The Kier molecular flexibility index (Phi) is 2.52. The molecule has 1 aliphatic rings. The molecule has 0 unspecified atom stereocenters. The van der Waals surface area contributed by atoms with Gasteiger partial charge in [0.25, 0.3) is 0 Å². The molecule has 3 N–H and O–H groups in total. The molecule has 3 rings (SSSR count). The molecule has 0 radical (unpaired) electrons. The average molecular weight is 242 g/mol. The van der Waals surface area contributed by atoms with Gasteiger partial charge in [0.05, 0.1) is 10.9 Å². The summed E-state index contributed by atoms with van der Waals surface area (Å²) >= 11 is 0. The quantitative estimate of drug-likeness (QED) is 0.788. The van der Waals surface area contributed by atoms with E-state index in [0.29, 0.717) is 11.2 Å². The highest BCUT2D eigenvalue weighted by atomic mass is 15.2. The van der Waals surface area contributed by atoms with E-state index in [0.717, 1.165) is 37.1 Å². The first-order valence-electron chi connectivity index (χ1n) is 6.09. The lowest BCUT2D eigenvalue weighted by Gasteiger charge is -2.28. The van der Waals surface area contributed by atoms with E-state index < -0.39 is 0 Å². The standard InChI is InChI=1S/C12H14N6/c13-6-8-7-15-10-9(8)11(17-12(14)16-10)18-4-2-1-3-5-18/h7H,1-5H2,(H3,14,15,16,17). The van der Waals surface area contributed by atoms with E-state index in [1.807, 2.05) is 0 Å². The molecular weight excluding hydrogens is 228 g/mol. The molecule has 2 aromatic heterocycles. The molecule has 1 saturated heterocycles. The Morgan fingerprint density at radius 3 is 2.78 bits per heavy atom. The molecule has 1 fully saturated rings. The van der Waals surface area contributed by atoms with Crippen LogP contribution in [0.3, 0.4) is 0 Å². The summed E-state index contributed by atoms with van der Waals surface area (Å²) in [5.41, 5.74) is 6.94. The molecule has 0 aromatic carbocycles. The summed E-state index contributed by atoms with van der Waals surface area (Å²) in [7, 11) is 0. The molecule has 0 atom stereocenters. The zero-order chi connectivity index (χ0) is 12.5. The van der Waals surface area contributed by atoms with E-state index in [2.05, 4.69) is 25.9 Å². The maximum Gasteiger partial charge on any atom is 0.223 e. The van der Waals surface area contributed by atoms with Crippen molar-refractivity contribution in [3.8, 4) is 6.07 Å². The lowest BCUT2D eigenvalue weighted by molar-refractivity contribution is 0.575. The number of fused-ring (bicyclic) bond motifs is 1. The van der Waals surface area contributed by atoms with Crippen LogP contribution in [0.4, 0.5) is 11.8 Å². The van der Waals surface area contributed by atoms with Crippen LogP contribution in [0.2, 0.25) is 0 Å². The summed E-state index contributed by atoms with van der Waals surface area (Å²) in [5, 5.41) is 9.93. The molecule has 6 heteroatoms. The Balaban J connectivity index is 2.19. The van der Waals surface area contributed by atoms with Crippen molar-refractivity contribution in [3.05, 3.63) is 11.8 Å². The third kappa shape index (κ3) is 1.64. The van der Waals surface area contributed by atoms with Crippen LogP contribution in [0.15, 0.2) is 6.20 Å². The number of nitrogens with zero attached hydrogens (tertiary/aromatic N) is 4. The number of nitriles is 1. The van der Waals surface area contributed by atoms with Gasteiger partial charge in [-0.25, -0.2) is 0 Å². The summed E-state index contributed by atoms with van der Waals surface area (Å²) < 4.78 is 0. The fraction of sp³-hybridized carbons (Fsp3) is 0.417. The van der Waals surface area contributed by atoms with Crippen LogP contribution in [0.25, 0.3) is 11.0 Å². The topological polar surface area (TPSA) is 94.6 Å². The molecule has 0 spiro atoms. The van der Waals surface area contributed by atoms with E-state index in [4.69, 9.17) is 11.0 Å². The minimum absolute atomic E-state index is 0.245. The van der Waals surface area contributed by atoms with E-state index in [-0.39, 0.29) is 5.95 Å². The summed E-state index contributed by atoms with van der Waals surface area (Å²) in [6.07, 6.45) is 5.21. The molecule has 1 aliphatic heterocycles. The highest BCUT2D eigenvalue weighted by molar-refractivity contribution is 5.93. The van der Waals surface area contributed by atoms with E-state index >= 15 is 0 Å². The minimum atomic E-state index is 0.245. The number of aromatic nitrogens is 3. The first-order valence-corrected chi connectivity index (χ1v) is 6.09. The van der Waals surface area contributed by atoms with Crippen molar-refractivity contribution in [2.24, 2.45) is 0 Å². The van der Waals surface area contributed by atoms with Crippen molar-refractivity contribution in [2.45, 2.75) is 19.3 Å². The second kappa shape index (κ2) is 4.18. The van der Waals surface area contributed by atoms with Crippen LogP contribution in [0.5, 0.6) is 0 Å². The van der Waals surface area contributed by atoms with Crippen molar-refractivity contribution in [1.29, 1.82) is 5.26 Å². The zero-order valence-electron chi connectivity index (χ0n) is 9.98. The Morgan fingerprint density at radius 1 is 1.28 bits per heavy atom. The molecular formula is C12H14N6. The Morgan fingerprint density at radius 2 is 2.06 bits per heavy atom. The zero-order valence-corrected chi connectivity index (χ0v) is 9.98. The first-order chi connectivity index (χ1) is 8.79. The van der Waals surface area contributed by atoms with Crippen LogP contribution in [-0.4, -0.2) is 28.0 Å². The molecule has 0 amide bonds. The number of nitrogens with two attached hydrogens (primary N) is 1. The fourth-order valence-corrected chi connectivity index (χ4v) is 2.45. The summed E-state index contributed by atoms with van der Waals surface area (Å²) in [6.45, 7) is 1.92.